The Balaban J connectivity index is 2.10. The van der Waals surface area contributed by atoms with E-state index < -0.39 is 25.3 Å². The third kappa shape index (κ3) is 5.49. The van der Waals surface area contributed by atoms with Crippen LogP contribution in [0.5, 0.6) is 0 Å². The Kier molecular flexibility index (Phi) is 5.61. The van der Waals surface area contributed by atoms with Crippen molar-refractivity contribution < 1.29 is 23.4 Å². The minimum absolute atomic E-state index is 0.0422. The zero-order chi connectivity index (χ0) is 17.0. The summed E-state index contributed by atoms with van der Waals surface area (Å²) in [7, 11) is 0. The van der Waals surface area contributed by atoms with Gasteiger partial charge in [-0.2, -0.15) is 13.2 Å². The second-order valence-electron chi connectivity index (χ2n) is 5.64. The lowest BCUT2D eigenvalue weighted by atomic mass is 10.3. The van der Waals surface area contributed by atoms with Gasteiger partial charge in [0.25, 0.3) is 0 Å². The topological polar surface area (TPSA) is 61.0 Å². The number of fused-ring (bicyclic) bond motifs is 1. The minimum Gasteiger partial charge on any atom is -0.394 e. The van der Waals surface area contributed by atoms with E-state index in [-0.39, 0.29) is 19.6 Å². The summed E-state index contributed by atoms with van der Waals surface area (Å²) in [5, 5.41) is 18.4. The predicted octanol–water partition coefficient (Wildman–Crippen LogP) is 1.75. The van der Waals surface area contributed by atoms with Gasteiger partial charge in [-0.1, -0.05) is 6.07 Å². The lowest BCUT2D eigenvalue weighted by molar-refractivity contribution is -0.139. The first kappa shape index (κ1) is 17.7. The van der Waals surface area contributed by atoms with E-state index in [4.69, 9.17) is 5.11 Å². The van der Waals surface area contributed by atoms with Gasteiger partial charge in [-0.05, 0) is 18.6 Å². The maximum absolute atomic E-state index is 12.4. The highest BCUT2D eigenvalue weighted by atomic mass is 19.4. The summed E-state index contributed by atoms with van der Waals surface area (Å²) in [6, 6.07) is 3.74. The van der Waals surface area contributed by atoms with E-state index in [1.807, 2.05) is 29.7 Å². The van der Waals surface area contributed by atoms with E-state index in [1.54, 1.807) is 6.20 Å². The molecule has 0 aliphatic carbocycles. The fourth-order valence-electron chi connectivity index (χ4n) is 2.34. The average Bonchev–Trinajstić information content (AvgIpc) is 2.85. The summed E-state index contributed by atoms with van der Waals surface area (Å²) < 4.78 is 39.1. The Morgan fingerprint density at radius 3 is 2.70 bits per heavy atom. The van der Waals surface area contributed by atoms with Crippen LogP contribution in [0.1, 0.15) is 17.7 Å². The number of nitrogens with zero attached hydrogens (tertiary/aromatic N) is 3. The molecule has 5 nitrogen and oxygen atoms in total. The van der Waals surface area contributed by atoms with Crippen molar-refractivity contribution in [2.45, 2.75) is 32.2 Å². The van der Waals surface area contributed by atoms with Crippen molar-refractivity contribution in [3.8, 4) is 0 Å². The van der Waals surface area contributed by atoms with Gasteiger partial charge in [0.15, 0.2) is 0 Å². The Morgan fingerprint density at radius 1 is 1.30 bits per heavy atom. The third-order valence-corrected chi connectivity index (χ3v) is 3.43. The number of aliphatic hydroxyl groups excluding tert-OH is 2. The van der Waals surface area contributed by atoms with E-state index in [0.717, 1.165) is 5.56 Å². The monoisotopic (exact) mass is 331 g/mol. The van der Waals surface area contributed by atoms with Crippen molar-refractivity contribution in [1.82, 2.24) is 14.3 Å². The number of imidazole rings is 1. The molecule has 0 aromatic carbocycles. The lowest BCUT2D eigenvalue weighted by Gasteiger charge is -2.24. The van der Waals surface area contributed by atoms with Gasteiger partial charge in [-0.25, -0.2) is 4.98 Å². The van der Waals surface area contributed by atoms with E-state index >= 15 is 0 Å². The van der Waals surface area contributed by atoms with Crippen molar-refractivity contribution in [2.75, 3.05) is 19.7 Å². The highest BCUT2D eigenvalue weighted by Gasteiger charge is 2.28. The SMILES string of the molecule is Cc1ccc2nc(CN(CCC(F)(F)F)C[C@H](O)CO)cn2c1. The molecule has 0 amide bonds. The van der Waals surface area contributed by atoms with Crippen LogP contribution in [0.15, 0.2) is 24.5 Å². The normalized spacial score (nSPS) is 13.9. The first-order valence-corrected chi connectivity index (χ1v) is 7.29. The van der Waals surface area contributed by atoms with Crippen molar-refractivity contribution in [2.24, 2.45) is 0 Å². The van der Waals surface area contributed by atoms with Crippen LogP contribution in [0.25, 0.3) is 5.65 Å². The quantitative estimate of drug-likeness (QED) is 0.811. The molecule has 0 bridgehead atoms. The summed E-state index contributed by atoms with van der Waals surface area (Å²) in [5.74, 6) is 0. The number of aromatic nitrogens is 2. The molecule has 23 heavy (non-hydrogen) atoms. The molecule has 0 aliphatic rings. The van der Waals surface area contributed by atoms with Gasteiger partial charge in [-0.15, -0.1) is 0 Å². The van der Waals surface area contributed by atoms with Gasteiger partial charge in [0.1, 0.15) is 5.65 Å². The van der Waals surface area contributed by atoms with Crippen molar-refractivity contribution in [1.29, 1.82) is 0 Å². The molecule has 0 unspecified atom stereocenters. The zero-order valence-corrected chi connectivity index (χ0v) is 12.8. The molecule has 128 valence electrons. The van der Waals surface area contributed by atoms with Crippen LogP contribution in [-0.2, 0) is 6.54 Å². The fourth-order valence-corrected chi connectivity index (χ4v) is 2.34. The highest BCUT2D eigenvalue weighted by Crippen LogP contribution is 2.20. The summed E-state index contributed by atoms with van der Waals surface area (Å²) >= 11 is 0. The van der Waals surface area contributed by atoms with Gasteiger partial charge >= 0.3 is 6.18 Å². The van der Waals surface area contributed by atoms with Crippen molar-refractivity contribution in [3.05, 3.63) is 35.8 Å². The van der Waals surface area contributed by atoms with E-state index in [0.29, 0.717) is 11.3 Å². The molecule has 8 heteroatoms. The number of hydrogen-bond acceptors (Lipinski definition) is 4. The molecular formula is C15H20F3N3O2. The third-order valence-electron chi connectivity index (χ3n) is 3.43. The van der Waals surface area contributed by atoms with E-state index in [9.17, 15) is 18.3 Å². The molecule has 0 radical (unpaired) electrons. The number of halogens is 3. The van der Waals surface area contributed by atoms with Crippen LogP contribution in [0, 0.1) is 6.92 Å². The molecule has 2 aromatic rings. The molecule has 0 saturated heterocycles. The number of aliphatic hydroxyl groups is 2. The Morgan fingerprint density at radius 2 is 2.04 bits per heavy atom. The summed E-state index contributed by atoms with van der Waals surface area (Å²) in [6.07, 6.45) is -2.68. The van der Waals surface area contributed by atoms with Crippen LogP contribution >= 0.6 is 0 Å². The van der Waals surface area contributed by atoms with E-state index in [2.05, 4.69) is 4.98 Å². The first-order chi connectivity index (χ1) is 10.8. The zero-order valence-electron chi connectivity index (χ0n) is 12.8. The van der Waals surface area contributed by atoms with Gasteiger partial charge in [0, 0.05) is 32.0 Å². The molecule has 2 N–H and O–H groups in total. The predicted molar refractivity (Wildman–Crippen MR) is 79.0 cm³/mol. The maximum atomic E-state index is 12.4. The van der Waals surface area contributed by atoms with Crippen LogP contribution in [0.2, 0.25) is 0 Å². The summed E-state index contributed by atoms with van der Waals surface area (Å²) in [5.41, 5.74) is 2.37. The van der Waals surface area contributed by atoms with Crippen LogP contribution in [0.4, 0.5) is 13.2 Å². The fraction of sp³-hybridized carbons (Fsp3) is 0.533. The molecule has 0 fully saturated rings. The number of aryl methyl sites for hydroxylation is 1. The number of hydrogen-bond donors (Lipinski definition) is 2. The second kappa shape index (κ2) is 7.29. The van der Waals surface area contributed by atoms with E-state index in [1.165, 1.54) is 4.90 Å². The van der Waals surface area contributed by atoms with Gasteiger partial charge in [-0.3, -0.25) is 4.90 Å². The van der Waals surface area contributed by atoms with Gasteiger partial charge < -0.3 is 14.6 Å². The van der Waals surface area contributed by atoms with Crippen LogP contribution < -0.4 is 0 Å². The van der Waals surface area contributed by atoms with Crippen molar-refractivity contribution in [3.63, 3.8) is 0 Å². The first-order valence-electron chi connectivity index (χ1n) is 7.29. The van der Waals surface area contributed by atoms with Crippen molar-refractivity contribution >= 4 is 5.65 Å². The highest BCUT2D eigenvalue weighted by molar-refractivity contribution is 5.41. The second-order valence-corrected chi connectivity index (χ2v) is 5.64. The molecule has 0 saturated carbocycles. The van der Waals surface area contributed by atoms with Gasteiger partial charge in [0.05, 0.1) is 24.8 Å². The lowest BCUT2D eigenvalue weighted by Crippen LogP contribution is -2.36. The molecule has 0 spiro atoms. The molecule has 2 aromatic heterocycles. The Labute approximate surface area is 132 Å². The van der Waals surface area contributed by atoms with Crippen LogP contribution in [0.3, 0.4) is 0 Å². The largest absolute Gasteiger partial charge is 0.394 e. The number of pyridine rings is 1. The molecular weight excluding hydrogens is 311 g/mol. The Hall–Kier alpha value is -1.64. The number of alkyl halides is 3. The molecule has 2 heterocycles. The minimum atomic E-state index is -4.27. The Bertz CT molecular complexity index is 642. The molecule has 0 aliphatic heterocycles. The maximum Gasteiger partial charge on any atom is 0.390 e. The smallest absolute Gasteiger partial charge is 0.390 e. The molecule has 1 atom stereocenters. The average molecular weight is 331 g/mol. The van der Waals surface area contributed by atoms with Gasteiger partial charge in [0.2, 0.25) is 0 Å². The molecule has 2 rings (SSSR count). The summed E-state index contributed by atoms with van der Waals surface area (Å²) in [4.78, 5) is 5.81. The summed E-state index contributed by atoms with van der Waals surface area (Å²) in [6.45, 7) is 1.32. The van der Waals surface area contributed by atoms with Crippen LogP contribution in [-0.4, -0.2) is 56.5 Å². The standard InChI is InChI=1S/C15H20F3N3O2/c1-11-2-3-14-19-12(8-21(14)6-11)7-20(9-13(23)10-22)5-4-15(16,17)18/h2-3,6,8,13,22-23H,4-5,7,9-10H2,1H3/t13-/m0/s1. The number of rotatable bonds is 7.